The van der Waals surface area contributed by atoms with Crippen molar-refractivity contribution in [2.24, 2.45) is 0 Å². The van der Waals surface area contributed by atoms with Crippen LogP contribution in [-0.2, 0) is 24.6 Å². The molecule has 0 aliphatic heterocycles. The summed E-state index contributed by atoms with van der Waals surface area (Å²) < 4.78 is 58.9. The minimum atomic E-state index is -4.53. The molecule has 0 aromatic heterocycles. The molecule has 7 heteroatoms. The first-order chi connectivity index (χ1) is 13.0. The minimum Gasteiger partial charge on any atom is -0.330 e. The summed E-state index contributed by atoms with van der Waals surface area (Å²) in [5, 5.41) is 3.18. The van der Waals surface area contributed by atoms with Crippen LogP contribution in [0.5, 0.6) is 0 Å². The first-order valence-corrected chi connectivity index (χ1v) is 10.00. The first kappa shape index (κ1) is 24.5. The molecule has 0 saturated carbocycles. The van der Waals surface area contributed by atoms with Gasteiger partial charge < -0.3 is 9.87 Å². The van der Waals surface area contributed by atoms with E-state index in [2.05, 4.69) is 38.2 Å². The summed E-state index contributed by atoms with van der Waals surface area (Å²) in [6.07, 6.45) is -2.60. The van der Waals surface area contributed by atoms with Gasteiger partial charge in [-0.3, -0.25) is 0 Å². The third-order valence-corrected chi connectivity index (χ3v) is 4.02. The third kappa shape index (κ3) is 8.63. The summed E-state index contributed by atoms with van der Waals surface area (Å²) in [5.74, 6) is -0.859. The van der Waals surface area contributed by atoms with E-state index in [4.69, 9.17) is 4.55 Å². The zero-order valence-electron chi connectivity index (χ0n) is 16.5. The van der Waals surface area contributed by atoms with E-state index < -0.39 is 17.6 Å². The Kier molecular flexibility index (Phi) is 9.47. The zero-order chi connectivity index (χ0) is 21.4. The Labute approximate surface area is 168 Å². The van der Waals surface area contributed by atoms with Crippen LogP contribution >= 0.6 is 12.0 Å². The summed E-state index contributed by atoms with van der Waals surface area (Å²) in [7, 11) is 0. The summed E-state index contributed by atoms with van der Waals surface area (Å²) in [6.45, 7) is 7.53. The number of halogens is 4. The van der Waals surface area contributed by atoms with Crippen molar-refractivity contribution in [3.63, 3.8) is 0 Å². The van der Waals surface area contributed by atoms with Crippen LogP contribution in [0.25, 0.3) is 0 Å². The summed E-state index contributed by atoms with van der Waals surface area (Å²) in [6, 6.07) is 10.9. The second-order valence-electron chi connectivity index (χ2n) is 7.40. The Balaban J connectivity index is 0.00000122. The van der Waals surface area contributed by atoms with Crippen molar-refractivity contribution in [3.05, 3.63) is 70.5 Å². The van der Waals surface area contributed by atoms with Crippen LogP contribution < -0.4 is 5.32 Å². The molecule has 0 unspecified atom stereocenters. The van der Waals surface area contributed by atoms with Crippen molar-refractivity contribution in [1.29, 1.82) is 0 Å². The summed E-state index contributed by atoms with van der Waals surface area (Å²) in [4.78, 5) is 0. The van der Waals surface area contributed by atoms with Crippen LogP contribution in [0.4, 0.5) is 17.6 Å². The topological polar surface area (TPSA) is 32.3 Å². The molecular weight excluding hydrogens is 390 g/mol. The number of benzene rings is 2. The quantitative estimate of drug-likeness (QED) is 0.340. The second kappa shape index (κ2) is 10.8. The summed E-state index contributed by atoms with van der Waals surface area (Å²) in [5.41, 5.74) is 1.83. The fraction of sp³-hybridized carbons (Fsp3) is 0.429. The average Bonchev–Trinajstić information content (AvgIpc) is 2.58. The van der Waals surface area contributed by atoms with Crippen molar-refractivity contribution < 1.29 is 22.1 Å². The van der Waals surface area contributed by atoms with Gasteiger partial charge in [0.25, 0.3) is 0 Å². The number of alkyl halides is 3. The Hall–Kier alpha value is -1.57. The molecule has 2 N–H and O–H groups in total. The maximum atomic E-state index is 13.3. The van der Waals surface area contributed by atoms with Gasteiger partial charge in [0.1, 0.15) is 5.82 Å². The van der Waals surface area contributed by atoms with Crippen LogP contribution in [-0.4, -0.2) is 17.4 Å². The maximum Gasteiger partial charge on any atom is 0.416 e. The van der Waals surface area contributed by atoms with Crippen molar-refractivity contribution in [2.75, 3.05) is 12.8 Å². The first-order valence-electron chi connectivity index (χ1n) is 8.81. The van der Waals surface area contributed by atoms with Crippen LogP contribution in [0.3, 0.4) is 0 Å². The highest BCUT2D eigenvalue weighted by molar-refractivity contribution is 7.93. The van der Waals surface area contributed by atoms with E-state index in [1.165, 1.54) is 5.56 Å². The van der Waals surface area contributed by atoms with Crippen molar-refractivity contribution in [3.8, 4) is 0 Å². The lowest BCUT2D eigenvalue weighted by Crippen LogP contribution is -2.17. The molecule has 156 valence electrons. The molecule has 2 nitrogen and oxygen atoms in total. The predicted molar refractivity (Wildman–Crippen MR) is 108 cm³/mol. The molecule has 0 amide bonds. The lowest BCUT2D eigenvalue weighted by atomic mass is 9.87. The van der Waals surface area contributed by atoms with Crippen molar-refractivity contribution >= 4 is 12.0 Å². The van der Waals surface area contributed by atoms with Gasteiger partial charge in [-0.05, 0) is 65.3 Å². The monoisotopic (exact) mass is 417 g/mol. The Morgan fingerprint density at radius 3 is 2.00 bits per heavy atom. The number of hydrogen-bond donors (Lipinski definition) is 2. The number of nitrogens with one attached hydrogen (secondary N) is 1. The average molecular weight is 418 g/mol. The van der Waals surface area contributed by atoms with E-state index in [0.717, 1.165) is 29.7 Å². The van der Waals surface area contributed by atoms with E-state index in [1.54, 1.807) is 6.26 Å². The lowest BCUT2D eigenvalue weighted by molar-refractivity contribution is -0.137. The van der Waals surface area contributed by atoms with E-state index >= 15 is 0 Å². The lowest BCUT2D eigenvalue weighted by Gasteiger charge is -2.19. The molecule has 0 bridgehead atoms. The van der Waals surface area contributed by atoms with E-state index in [9.17, 15) is 17.6 Å². The highest BCUT2D eigenvalue weighted by atomic mass is 32.2. The normalized spacial score (nSPS) is 11.8. The molecule has 2 rings (SSSR count). The molecular formula is C21H27F4NOS. The van der Waals surface area contributed by atoms with Gasteiger partial charge in [0, 0.05) is 12.8 Å². The Morgan fingerprint density at radius 2 is 1.50 bits per heavy atom. The Bertz CT molecular complexity index is 725. The molecule has 0 aliphatic carbocycles. The fourth-order valence-corrected chi connectivity index (χ4v) is 2.55. The zero-order valence-corrected chi connectivity index (χ0v) is 17.3. The summed E-state index contributed by atoms with van der Waals surface area (Å²) >= 11 is 0.750. The van der Waals surface area contributed by atoms with Gasteiger partial charge in [0.05, 0.1) is 5.56 Å². The van der Waals surface area contributed by atoms with Crippen LogP contribution in [0.1, 0.15) is 43.0 Å². The van der Waals surface area contributed by atoms with E-state index in [0.29, 0.717) is 31.1 Å². The third-order valence-electron chi connectivity index (χ3n) is 4.02. The molecule has 0 spiro atoms. The molecule has 2 aromatic rings. The van der Waals surface area contributed by atoms with Gasteiger partial charge >= 0.3 is 6.18 Å². The molecule has 0 heterocycles. The molecule has 28 heavy (non-hydrogen) atoms. The van der Waals surface area contributed by atoms with E-state index in [-0.39, 0.29) is 5.41 Å². The molecule has 0 radical (unpaired) electrons. The van der Waals surface area contributed by atoms with Crippen molar-refractivity contribution in [2.45, 2.75) is 45.3 Å². The van der Waals surface area contributed by atoms with Crippen LogP contribution in [0.15, 0.2) is 42.5 Å². The van der Waals surface area contributed by atoms with Gasteiger partial charge in [0.2, 0.25) is 0 Å². The highest BCUT2D eigenvalue weighted by Crippen LogP contribution is 2.30. The second-order valence-corrected chi connectivity index (χ2v) is 7.77. The van der Waals surface area contributed by atoms with Crippen LogP contribution in [0, 0.1) is 5.82 Å². The standard InChI is InChI=1S/C20H23F4N.CH4OS/c1-19(2,3)16-6-4-14(5-7-16)13-25-9-8-15-10-17(20(22,23)24)12-18(21)11-15;1-3-2/h4-7,10-12,25H,8-9,13H2,1-3H3;2H,1H3. The fourth-order valence-electron chi connectivity index (χ4n) is 2.55. The molecule has 0 atom stereocenters. The van der Waals surface area contributed by atoms with Crippen molar-refractivity contribution in [1.82, 2.24) is 5.32 Å². The molecule has 0 saturated heterocycles. The van der Waals surface area contributed by atoms with Gasteiger partial charge in [-0.15, -0.1) is 0 Å². The van der Waals surface area contributed by atoms with Gasteiger partial charge in [-0.1, -0.05) is 45.0 Å². The van der Waals surface area contributed by atoms with E-state index in [1.807, 2.05) is 12.1 Å². The maximum absolute atomic E-state index is 13.3. The number of hydrogen-bond acceptors (Lipinski definition) is 3. The largest absolute Gasteiger partial charge is 0.416 e. The predicted octanol–water partition coefficient (Wildman–Crippen LogP) is 6.30. The van der Waals surface area contributed by atoms with Crippen LogP contribution in [0.2, 0.25) is 0 Å². The molecule has 0 aliphatic rings. The minimum absolute atomic E-state index is 0.0968. The van der Waals surface area contributed by atoms with Gasteiger partial charge in [-0.2, -0.15) is 13.2 Å². The molecule has 2 aromatic carbocycles. The van der Waals surface area contributed by atoms with Gasteiger partial charge in [0.15, 0.2) is 0 Å². The smallest absolute Gasteiger partial charge is 0.330 e. The molecule has 0 fully saturated rings. The highest BCUT2D eigenvalue weighted by Gasteiger charge is 2.31. The number of rotatable bonds is 5. The SMILES string of the molecule is CC(C)(C)c1ccc(CNCCc2cc(F)cc(C(F)(F)F)c2)cc1.CSO. The Morgan fingerprint density at radius 1 is 0.929 bits per heavy atom. The van der Waals surface area contributed by atoms with Gasteiger partial charge in [-0.25, -0.2) is 4.39 Å².